The molecule has 2 aromatic rings. The van der Waals surface area contributed by atoms with Crippen molar-refractivity contribution >= 4 is 11.7 Å². The van der Waals surface area contributed by atoms with Crippen molar-refractivity contribution in [2.45, 2.75) is 57.2 Å². The Bertz CT molecular complexity index is 731. The maximum Gasteiger partial charge on any atom is 0.319 e. The normalized spacial score (nSPS) is 21.1. The van der Waals surface area contributed by atoms with Crippen LogP contribution in [0.2, 0.25) is 0 Å². The van der Waals surface area contributed by atoms with E-state index < -0.39 is 5.60 Å². The topological polar surface area (TPSA) is 110 Å². The average Bonchev–Trinajstić information content (AvgIpc) is 3.16. The van der Waals surface area contributed by atoms with Crippen LogP contribution < -0.4 is 10.6 Å². The predicted octanol–water partition coefficient (Wildman–Crippen LogP) is 1.54. The Labute approximate surface area is 146 Å². The maximum atomic E-state index is 12.3. The molecule has 3 N–H and O–H groups in total. The summed E-state index contributed by atoms with van der Waals surface area (Å²) in [7, 11) is 1.80. The first-order valence-electron chi connectivity index (χ1n) is 8.54. The van der Waals surface area contributed by atoms with Gasteiger partial charge in [0.1, 0.15) is 11.3 Å². The molecule has 1 aliphatic carbocycles. The molecule has 2 heterocycles. The van der Waals surface area contributed by atoms with E-state index in [1.165, 1.54) is 0 Å². The first-order valence-corrected chi connectivity index (χ1v) is 8.54. The van der Waals surface area contributed by atoms with Gasteiger partial charge in [0.2, 0.25) is 0 Å². The van der Waals surface area contributed by atoms with Crippen LogP contribution in [0.25, 0.3) is 0 Å². The molecule has 1 aliphatic rings. The van der Waals surface area contributed by atoms with Gasteiger partial charge in [-0.15, -0.1) is 5.10 Å². The Hall–Kier alpha value is -2.42. The third-order valence-electron chi connectivity index (χ3n) is 4.49. The zero-order chi connectivity index (χ0) is 18.0. The first kappa shape index (κ1) is 17.4. The number of carbonyl (C=O) groups is 1. The highest BCUT2D eigenvalue weighted by Crippen LogP contribution is 2.29. The number of amides is 2. The molecule has 0 bridgehead atoms. The van der Waals surface area contributed by atoms with E-state index in [0.717, 1.165) is 25.7 Å². The van der Waals surface area contributed by atoms with Crippen LogP contribution in [-0.2, 0) is 12.6 Å². The van der Waals surface area contributed by atoms with Gasteiger partial charge >= 0.3 is 6.03 Å². The second kappa shape index (κ2) is 6.83. The predicted molar refractivity (Wildman–Crippen MR) is 91.9 cm³/mol. The summed E-state index contributed by atoms with van der Waals surface area (Å²) in [6.45, 7) is 3.36. The SMILES string of the molecule is Cn1cc(NC(=O)N[C@H]2CCCC[C@H]2n2cc(C(C)(C)O)nn2)cn1. The molecule has 9 nitrogen and oxygen atoms in total. The Morgan fingerprint density at radius 3 is 2.72 bits per heavy atom. The summed E-state index contributed by atoms with van der Waals surface area (Å²) in [5.74, 6) is 0. The molecule has 2 aromatic heterocycles. The molecule has 0 spiro atoms. The highest BCUT2D eigenvalue weighted by Gasteiger charge is 2.30. The second-order valence-corrected chi connectivity index (χ2v) is 7.10. The zero-order valence-electron chi connectivity index (χ0n) is 14.8. The number of hydrogen-bond acceptors (Lipinski definition) is 5. The summed E-state index contributed by atoms with van der Waals surface area (Å²) in [6.07, 6.45) is 9.03. The monoisotopic (exact) mass is 347 g/mol. The van der Waals surface area contributed by atoms with Gasteiger partial charge < -0.3 is 15.7 Å². The molecule has 25 heavy (non-hydrogen) atoms. The number of nitrogens with one attached hydrogen (secondary N) is 2. The number of urea groups is 1. The summed E-state index contributed by atoms with van der Waals surface area (Å²) in [5.41, 5.74) is 0.141. The number of anilines is 1. The summed E-state index contributed by atoms with van der Waals surface area (Å²) < 4.78 is 3.40. The Kier molecular flexibility index (Phi) is 4.76. The summed E-state index contributed by atoms with van der Waals surface area (Å²) in [6, 6.07) is -0.272. The van der Waals surface area contributed by atoms with Crippen LogP contribution in [0.5, 0.6) is 0 Å². The van der Waals surface area contributed by atoms with Gasteiger partial charge in [0.15, 0.2) is 0 Å². The van der Waals surface area contributed by atoms with Crippen LogP contribution in [0.3, 0.4) is 0 Å². The van der Waals surface area contributed by atoms with Gasteiger partial charge in [0.25, 0.3) is 0 Å². The number of rotatable bonds is 4. The van der Waals surface area contributed by atoms with E-state index in [0.29, 0.717) is 11.4 Å². The van der Waals surface area contributed by atoms with Gasteiger partial charge in [-0.2, -0.15) is 5.10 Å². The summed E-state index contributed by atoms with van der Waals surface area (Å²) in [5, 5.41) is 28.2. The van der Waals surface area contributed by atoms with Crippen LogP contribution in [0.4, 0.5) is 10.5 Å². The van der Waals surface area contributed by atoms with E-state index in [9.17, 15) is 9.90 Å². The first-order chi connectivity index (χ1) is 11.8. The van der Waals surface area contributed by atoms with Gasteiger partial charge in [-0.1, -0.05) is 18.1 Å². The van der Waals surface area contributed by atoms with Crippen molar-refractivity contribution in [2.24, 2.45) is 7.05 Å². The fourth-order valence-electron chi connectivity index (χ4n) is 3.14. The molecule has 2 atom stereocenters. The summed E-state index contributed by atoms with van der Waals surface area (Å²) in [4.78, 5) is 12.3. The number of aryl methyl sites for hydroxylation is 1. The van der Waals surface area contributed by atoms with Gasteiger partial charge in [0.05, 0.1) is 30.2 Å². The van der Waals surface area contributed by atoms with Crippen molar-refractivity contribution in [3.05, 3.63) is 24.3 Å². The molecule has 3 rings (SSSR count). The van der Waals surface area contributed by atoms with Gasteiger partial charge in [0, 0.05) is 13.2 Å². The van der Waals surface area contributed by atoms with Gasteiger partial charge in [-0.25, -0.2) is 9.48 Å². The zero-order valence-corrected chi connectivity index (χ0v) is 14.8. The van der Waals surface area contributed by atoms with Crippen LogP contribution in [0.1, 0.15) is 51.3 Å². The lowest BCUT2D eigenvalue weighted by atomic mass is 9.90. The number of aromatic nitrogens is 5. The Morgan fingerprint density at radius 1 is 1.32 bits per heavy atom. The Balaban J connectivity index is 1.68. The minimum atomic E-state index is -1.03. The lowest BCUT2D eigenvalue weighted by Gasteiger charge is -2.31. The van der Waals surface area contributed by atoms with Crippen molar-refractivity contribution in [3.8, 4) is 0 Å². The van der Waals surface area contributed by atoms with Crippen LogP contribution in [0.15, 0.2) is 18.6 Å². The number of aliphatic hydroxyl groups is 1. The van der Waals surface area contributed by atoms with Crippen molar-refractivity contribution in [1.29, 1.82) is 0 Å². The lowest BCUT2D eigenvalue weighted by Crippen LogP contribution is -2.45. The number of hydrogen-bond donors (Lipinski definition) is 3. The van der Waals surface area contributed by atoms with Crippen LogP contribution in [-0.4, -0.2) is 42.0 Å². The second-order valence-electron chi connectivity index (χ2n) is 7.10. The van der Waals surface area contributed by atoms with Gasteiger partial charge in [-0.3, -0.25) is 4.68 Å². The van der Waals surface area contributed by atoms with E-state index in [1.54, 1.807) is 48.8 Å². The molecule has 1 fully saturated rings. The van der Waals surface area contributed by atoms with E-state index in [1.807, 2.05) is 0 Å². The van der Waals surface area contributed by atoms with E-state index in [4.69, 9.17) is 0 Å². The third kappa shape index (κ3) is 4.16. The highest BCUT2D eigenvalue weighted by atomic mass is 16.3. The molecule has 2 amide bonds. The minimum Gasteiger partial charge on any atom is -0.384 e. The molecule has 0 aliphatic heterocycles. The van der Waals surface area contributed by atoms with Crippen molar-refractivity contribution in [1.82, 2.24) is 30.1 Å². The molecule has 1 saturated carbocycles. The minimum absolute atomic E-state index is 0.0250. The number of nitrogens with zero attached hydrogens (tertiary/aromatic N) is 5. The smallest absolute Gasteiger partial charge is 0.319 e. The lowest BCUT2D eigenvalue weighted by molar-refractivity contribution is 0.0736. The highest BCUT2D eigenvalue weighted by molar-refractivity contribution is 5.89. The number of carbonyl (C=O) groups excluding carboxylic acids is 1. The summed E-state index contributed by atoms with van der Waals surface area (Å²) >= 11 is 0. The Morgan fingerprint density at radius 2 is 2.08 bits per heavy atom. The average molecular weight is 347 g/mol. The fourth-order valence-corrected chi connectivity index (χ4v) is 3.14. The van der Waals surface area contributed by atoms with Crippen molar-refractivity contribution in [2.75, 3.05) is 5.32 Å². The molecule has 9 heteroatoms. The standard InChI is InChI=1S/C16H25N7O2/c1-16(2,25)14-10-23(21-20-14)13-7-5-4-6-12(13)19-15(24)18-11-8-17-22(3)9-11/h8-10,12-13,25H,4-7H2,1-3H3,(H2,18,19,24)/t12-,13+/m0/s1. The fraction of sp³-hybridized carbons (Fsp3) is 0.625. The van der Waals surface area contributed by atoms with Crippen LogP contribution in [0, 0.1) is 0 Å². The van der Waals surface area contributed by atoms with Crippen LogP contribution >= 0.6 is 0 Å². The van der Waals surface area contributed by atoms with Crippen molar-refractivity contribution in [3.63, 3.8) is 0 Å². The molecule has 136 valence electrons. The van der Waals surface area contributed by atoms with E-state index >= 15 is 0 Å². The molecular formula is C16H25N7O2. The molecule has 0 radical (unpaired) electrons. The van der Waals surface area contributed by atoms with Crippen molar-refractivity contribution < 1.29 is 9.90 Å². The quantitative estimate of drug-likeness (QED) is 0.777. The maximum absolute atomic E-state index is 12.3. The molecule has 0 unspecified atom stereocenters. The van der Waals surface area contributed by atoms with Gasteiger partial charge in [-0.05, 0) is 26.7 Å². The largest absolute Gasteiger partial charge is 0.384 e. The third-order valence-corrected chi connectivity index (χ3v) is 4.49. The molecule has 0 aromatic carbocycles. The van der Waals surface area contributed by atoms with E-state index in [2.05, 4.69) is 26.0 Å². The van der Waals surface area contributed by atoms with E-state index in [-0.39, 0.29) is 18.1 Å². The molecule has 0 saturated heterocycles. The molecular weight excluding hydrogens is 322 g/mol.